The third-order valence-electron chi connectivity index (χ3n) is 5.38. The monoisotopic (exact) mass is 391 g/mol. The van der Waals surface area contributed by atoms with Crippen molar-refractivity contribution in [3.63, 3.8) is 0 Å². The Morgan fingerprint density at radius 1 is 1.04 bits per heavy atom. The molecule has 1 aromatic carbocycles. The molecule has 1 atom stereocenters. The number of likely N-dealkylation sites (tertiary alicyclic amines) is 1. The zero-order valence-corrected chi connectivity index (χ0v) is 17.1. The summed E-state index contributed by atoms with van der Waals surface area (Å²) < 4.78 is 19.3. The average molecular weight is 392 g/mol. The second-order valence-electron chi connectivity index (χ2n) is 7.63. The van der Waals surface area contributed by atoms with Gasteiger partial charge in [0.15, 0.2) is 0 Å². The number of carbonyl (C=O) groups is 2. The highest BCUT2D eigenvalue weighted by molar-refractivity contribution is 5.97. The van der Waals surface area contributed by atoms with Crippen LogP contribution in [0.25, 0.3) is 0 Å². The van der Waals surface area contributed by atoms with E-state index in [1.165, 1.54) is 62.0 Å². The van der Waals surface area contributed by atoms with E-state index in [1.54, 1.807) is 12.1 Å². The molecular weight excluding hydrogens is 357 g/mol. The minimum atomic E-state index is -0.592. The van der Waals surface area contributed by atoms with Crippen molar-refractivity contribution in [2.24, 2.45) is 0 Å². The Labute approximate surface area is 168 Å². The van der Waals surface area contributed by atoms with Crippen LogP contribution in [0.15, 0.2) is 24.3 Å². The predicted octanol–water partition coefficient (Wildman–Crippen LogP) is 5.50. The normalized spacial score (nSPS) is 16.4. The predicted molar refractivity (Wildman–Crippen MR) is 109 cm³/mol. The summed E-state index contributed by atoms with van der Waals surface area (Å²) >= 11 is 0. The fourth-order valence-corrected chi connectivity index (χ4v) is 3.73. The van der Waals surface area contributed by atoms with Gasteiger partial charge >= 0.3 is 5.97 Å². The first-order chi connectivity index (χ1) is 13.6. The van der Waals surface area contributed by atoms with Crippen LogP contribution in [-0.4, -0.2) is 36.0 Å². The van der Waals surface area contributed by atoms with E-state index in [1.807, 2.05) is 0 Å². The first kappa shape index (κ1) is 22.4. The first-order valence-electron chi connectivity index (χ1n) is 10.9. The summed E-state index contributed by atoms with van der Waals surface area (Å²) in [5.41, 5.74) is 0.0149. The molecule has 1 amide bonds. The van der Waals surface area contributed by atoms with Crippen molar-refractivity contribution in [1.29, 1.82) is 0 Å². The maximum atomic E-state index is 13.9. The molecule has 0 saturated carbocycles. The van der Waals surface area contributed by atoms with Crippen LogP contribution in [0.1, 0.15) is 87.9 Å². The zero-order valence-electron chi connectivity index (χ0n) is 17.1. The van der Waals surface area contributed by atoms with Crippen LogP contribution < -0.4 is 0 Å². The standard InChI is InChI=1S/C23H34FNO3/c1-2-3-4-5-6-7-8-9-12-18-28-23(27)21-16-13-17-25(21)22(26)19-14-10-11-15-20(19)24/h10-11,14-15,21H,2-9,12-13,16-18H2,1H3. The molecular formula is C23H34FNO3. The van der Waals surface area contributed by atoms with E-state index in [-0.39, 0.29) is 11.5 Å². The van der Waals surface area contributed by atoms with E-state index in [2.05, 4.69) is 6.92 Å². The van der Waals surface area contributed by atoms with Gasteiger partial charge in [0.05, 0.1) is 12.2 Å². The lowest BCUT2D eigenvalue weighted by molar-refractivity contribution is -0.148. The van der Waals surface area contributed by atoms with E-state index in [9.17, 15) is 14.0 Å². The second-order valence-corrected chi connectivity index (χ2v) is 7.63. The number of hydrogen-bond acceptors (Lipinski definition) is 3. The molecule has 1 unspecified atom stereocenters. The maximum Gasteiger partial charge on any atom is 0.328 e. The maximum absolute atomic E-state index is 13.9. The van der Waals surface area contributed by atoms with Crippen LogP contribution in [0.4, 0.5) is 4.39 Å². The van der Waals surface area contributed by atoms with Gasteiger partial charge in [0, 0.05) is 6.54 Å². The molecule has 1 aromatic rings. The number of benzene rings is 1. The van der Waals surface area contributed by atoms with Crippen molar-refractivity contribution in [2.45, 2.75) is 83.6 Å². The Hall–Kier alpha value is -1.91. The minimum absolute atomic E-state index is 0.0149. The Morgan fingerprint density at radius 2 is 1.68 bits per heavy atom. The van der Waals surface area contributed by atoms with E-state index >= 15 is 0 Å². The van der Waals surface area contributed by atoms with Crippen LogP contribution in [0.3, 0.4) is 0 Å². The van der Waals surface area contributed by atoms with E-state index in [4.69, 9.17) is 4.74 Å². The number of hydrogen-bond donors (Lipinski definition) is 0. The molecule has 1 fully saturated rings. The van der Waals surface area contributed by atoms with Gasteiger partial charge in [0.2, 0.25) is 0 Å². The van der Waals surface area contributed by atoms with Gasteiger partial charge in [-0.3, -0.25) is 4.79 Å². The van der Waals surface area contributed by atoms with Gasteiger partial charge in [-0.25, -0.2) is 9.18 Å². The van der Waals surface area contributed by atoms with Crippen molar-refractivity contribution in [1.82, 2.24) is 4.90 Å². The highest BCUT2D eigenvalue weighted by Crippen LogP contribution is 2.22. The van der Waals surface area contributed by atoms with Gasteiger partial charge in [-0.2, -0.15) is 0 Å². The molecule has 1 aliphatic rings. The Kier molecular flexibility index (Phi) is 10.0. The number of unbranched alkanes of at least 4 members (excludes halogenated alkanes) is 8. The summed E-state index contributed by atoms with van der Waals surface area (Å²) in [7, 11) is 0. The molecule has 0 aliphatic carbocycles. The molecule has 28 heavy (non-hydrogen) atoms. The smallest absolute Gasteiger partial charge is 0.328 e. The molecule has 0 N–H and O–H groups in total. The highest BCUT2D eigenvalue weighted by atomic mass is 19.1. The largest absolute Gasteiger partial charge is 0.464 e. The van der Waals surface area contributed by atoms with E-state index < -0.39 is 17.8 Å². The number of rotatable bonds is 12. The molecule has 1 aliphatic heterocycles. The quantitative estimate of drug-likeness (QED) is 0.349. The number of esters is 1. The average Bonchev–Trinajstić information content (AvgIpc) is 3.19. The SMILES string of the molecule is CCCCCCCCCCCOC(=O)C1CCCN1C(=O)c1ccccc1F. The number of nitrogens with zero attached hydrogens (tertiary/aromatic N) is 1. The third-order valence-corrected chi connectivity index (χ3v) is 5.38. The second kappa shape index (κ2) is 12.5. The van der Waals surface area contributed by atoms with Crippen LogP contribution >= 0.6 is 0 Å². The van der Waals surface area contributed by atoms with Gasteiger partial charge in [-0.15, -0.1) is 0 Å². The zero-order chi connectivity index (χ0) is 20.2. The molecule has 0 bridgehead atoms. The molecule has 156 valence electrons. The summed E-state index contributed by atoms with van der Waals surface area (Å²) in [6.07, 6.45) is 12.2. The van der Waals surface area contributed by atoms with Crippen LogP contribution in [-0.2, 0) is 9.53 Å². The number of amides is 1. The van der Waals surface area contributed by atoms with Gasteiger partial charge in [-0.1, -0.05) is 70.4 Å². The first-order valence-corrected chi connectivity index (χ1v) is 10.9. The highest BCUT2D eigenvalue weighted by Gasteiger charge is 2.36. The molecule has 2 rings (SSSR count). The number of halogens is 1. The van der Waals surface area contributed by atoms with Gasteiger partial charge in [-0.05, 0) is 31.4 Å². The summed E-state index contributed by atoms with van der Waals surface area (Å²) in [6.45, 7) is 3.08. The van der Waals surface area contributed by atoms with Crippen molar-refractivity contribution in [2.75, 3.05) is 13.2 Å². The summed E-state index contributed by atoms with van der Waals surface area (Å²) in [6, 6.07) is 5.31. The van der Waals surface area contributed by atoms with Crippen LogP contribution in [0.2, 0.25) is 0 Å². The Balaban J connectivity index is 1.66. The topological polar surface area (TPSA) is 46.6 Å². The summed E-state index contributed by atoms with van der Waals surface area (Å²) in [5.74, 6) is -1.34. The van der Waals surface area contributed by atoms with Gasteiger partial charge in [0.1, 0.15) is 11.9 Å². The number of ether oxygens (including phenoxy) is 1. The fourth-order valence-electron chi connectivity index (χ4n) is 3.73. The molecule has 0 radical (unpaired) electrons. The lowest BCUT2D eigenvalue weighted by Gasteiger charge is -2.23. The van der Waals surface area contributed by atoms with Gasteiger partial charge in [0.25, 0.3) is 5.91 Å². The van der Waals surface area contributed by atoms with E-state index in [0.29, 0.717) is 19.6 Å². The molecule has 1 heterocycles. The molecule has 4 nitrogen and oxygen atoms in total. The third kappa shape index (κ3) is 6.92. The summed E-state index contributed by atoms with van der Waals surface area (Å²) in [5, 5.41) is 0. The fraction of sp³-hybridized carbons (Fsp3) is 0.652. The van der Waals surface area contributed by atoms with Crippen molar-refractivity contribution in [3.05, 3.63) is 35.6 Å². The lowest BCUT2D eigenvalue weighted by Crippen LogP contribution is -2.41. The Bertz CT molecular complexity index is 620. The van der Waals surface area contributed by atoms with Crippen LogP contribution in [0, 0.1) is 5.82 Å². The van der Waals surface area contributed by atoms with Gasteiger partial charge < -0.3 is 9.64 Å². The number of carbonyl (C=O) groups excluding carboxylic acids is 2. The lowest BCUT2D eigenvalue weighted by atomic mass is 10.1. The molecule has 0 spiro atoms. The molecule has 5 heteroatoms. The van der Waals surface area contributed by atoms with Crippen molar-refractivity contribution >= 4 is 11.9 Å². The molecule has 0 aromatic heterocycles. The molecule has 1 saturated heterocycles. The Morgan fingerprint density at radius 3 is 2.36 bits per heavy atom. The van der Waals surface area contributed by atoms with Crippen LogP contribution in [0.5, 0.6) is 0 Å². The van der Waals surface area contributed by atoms with Crippen molar-refractivity contribution < 1.29 is 18.7 Å². The van der Waals surface area contributed by atoms with Crippen molar-refractivity contribution in [3.8, 4) is 0 Å². The van der Waals surface area contributed by atoms with E-state index in [0.717, 1.165) is 19.3 Å². The summed E-state index contributed by atoms with van der Waals surface area (Å²) in [4.78, 5) is 26.5. The minimum Gasteiger partial charge on any atom is -0.464 e.